The average molecular weight is 315 g/mol. The molecule has 22 heavy (non-hydrogen) atoms. The van der Waals surface area contributed by atoms with Crippen molar-refractivity contribution in [2.75, 3.05) is 6.54 Å². The van der Waals surface area contributed by atoms with Crippen LogP contribution in [0.4, 0.5) is 0 Å². The fourth-order valence-corrected chi connectivity index (χ4v) is 3.62. The predicted molar refractivity (Wildman–Crippen MR) is 85.2 cm³/mol. The number of benzene rings is 1. The fraction of sp³-hybridized carbons (Fsp3) is 0.294. The minimum absolute atomic E-state index is 0.168. The molecule has 2 aromatic rings. The Labute approximate surface area is 133 Å². The number of hydrogen-bond acceptors (Lipinski definition) is 3. The van der Waals surface area contributed by atoms with E-state index in [4.69, 9.17) is 5.11 Å². The van der Waals surface area contributed by atoms with Crippen LogP contribution in [0.25, 0.3) is 0 Å². The van der Waals surface area contributed by atoms with Crippen LogP contribution in [0, 0.1) is 0 Å². The molecule has 1 aliphatic rings. The van der Waals surface area contributed by atoms with Gasteiger partial charge < -0.3 is 10.0 Å². The molecule has 0 saturated carbocycles. The van der Waals surface area contributed by atoms with Crippen molar-refractivity contribution in [2.24, 2.45) is 0 Å². The summed E-state index contributed by atoms with van der Waals surface area (Å²) in [6, 6.07) is 8.88. The molecular formula is C17H17NO3S. The Morgan fingerprint density at radius 2 is 1.95 bits per heavy atom. The third-order valence-corrected chi connectivity index (χ3v) is 4.95. The number of carbonyl (C=O) groups is 2. The summed E-state index contributed by atoms with van der Waals surface area (Å²) in [4.78, 5) is 26.3. The number of fused-ring (bicyclic) bond motifs is 1. The summed E-state index contributed by atoms with van der Waals surface area (Å²) in [7, 11) is 0. The lowest BCUT2D eigenvalue weighted by atomic mass is 10.1. The monoisotopic (exact) mass is 315 g/mol. The van der Waals surface area contributed by atoms with Gasteiger partial charge in [-0.15, -0.1) is 11.3 Å². The van der Waals surface area contributed by atoms with Crippen molar-refractivity contribution in [2.45, 2.75) is 25.8 Å². The molecule has 1 aliphatic heterocycles. The first-order valence-electron chi connectivity index (χ1n) is 7.29. The Hall–Kier alpha value is -2.14. The quantitative estimate of drug-likeness (QED) is 0.943. The van der Waals surface area contributed by atoms with E-state index in [1.807, 2.05) is 4.90 Å². The van der Waals surface area contributed by atoms with Crippen LogP contribution in [-0.4, -0.2) is 28.4 Å². The molecule has 5 heteroatoms. The zero-order valence-electron chi connectivity index (χ0n) is 12.1. The lowest BCUT2D eigenvalue weighted by Gasteiger charge is -2.27. The Balaban J connectivity index is 1.55. The van der Waals surface area contributed by atoms with Crippen LogP contribution in [0.5, 0.6) is 0 Å². The Bertz CT molecular complexity index is 690. The number of thiophene rings is 1. The highest BCUT2D eigenvalue weighted by molar-refractivity contribution is 7.10. The van der Waals surface area contributed by atoms with Gasteiger partial charge in [0.25, 0.3) is 0 Å². The molecule has 2 heterocycles. The number of carboxylic acids is 1. The van der Waals surface area contributed by atoms with Gasteiger partial charge in [0.05, 0.1) is 12.1 Å². The van der Waals surface area contributed by atoms with Gasteiger partial charge in [-0.1, -0.05) is 12.1 Å². The van der Waals surface area contributed by atoms with Gasteiger partial charge >= 0.3 is 5.97 Å². The molecule has 4 nitrogen and oxygen atoms in total. The zero-order chi connectivity index (χ0) is 15.5. The van der Waals surface area contributed by atoms with Gasteiger partial charge in [0.15, 0.2) is 0 Å². The highest BCUT2D eigenvalue weighted by Crippen LogP contribution is 2.24. The van der Waals surface area contributed by atoms with Crippen LogP contribution >= 0.6 is 11.3 Å². The summed E-state index contributed by atoms with van der Waals surface area (Å²) in [5, 5.41) is 11.0. The zero-order valence-corrected chi connectivity index (χ0v) is 12.9. The Morgan fingerprint density at radius 1 is 1.18 bits per heavy atom. The van der Waals surface area contributed by atoms with E-state index in [2.05, 4.69) is 11.4 Å². The standard InChI is InChI=1S/C17H17NO3S/c19-16(18-9-7-13-8-10-22-15(13)11-18)6-3-12-1-4-14(5-2-12)17(20)21/h1-2,4-5,8,10H,3,6-7,9,11H2,(H,20,21). The van der Waals surface area contributed by atoms with Crippen LogP contribution < -0.4 is 0 Å². The number of carbonyl (C=O) groups excluding carboxylic acids is 1. The minimum Gasteiger partial charge on any atom is -0.478 e. The maximum atomic E-state index is 12.3. The number of aromatic carboxylic acids is 1. The van der Waals surface area contributed by atoms with E-state index in [1.165, 1.54) is 10.4 Å². The van der Waals surface area contributed by atoms with Crippen LogP contribution in [0.2, 0.25) is 0 Å². The summed E-state index contributed by atoms with van der Waals surface area (Å²) in [5.74, 6) is -0.760. The van der Waals surface area contributed by atoms with Gasteiger partial charge in [-0.25, -0.2) is 4.79 Å². The number of rotatable bonds is 4. The van der Waals surface area contributed by atoms with E-state index >= 15 is 0 Å². The molecule has 0 spiro atoms. The van der Waals surface area contributed by atoms with Crippen molar-refractivity contribution in [1.82, 2.24) is 4.90 Å². The first kappa shape index (κ1) is 14.8. The number of nitrogens with zero attached hydrogens (tertiary/aromatic N) is 1. The molecule has 1 amide bonds. The summed E-state index contributed by atoms with van der Waals surface area (Å²) in [6.07, 6.45) is 2.05. The first-order chi connectivity index (χ1) is 10.6. The van der Waals surface area contributed by atoms with Gasteiger partial charge in [-0.2, -0.15) is 0 Å². The topological polar surface area (TPSA) is 57.6 Å². The van der Waals surface area contributed by atoms with E-state index in [0.717, 1.165) is 25.1 Å². The molecule has 114 valence electrons. The summed E-state index contributed by atoms with van der Waals surface area (Å²) in [6.45, 7) is 1.52. The summed E-state index contributed by atoms with van der Waals surface area (Å²) in [5.41, 5.74) is 2.64. The van der Waals surface area contributed by atoms with Crippen LogP contribution in [-0.2, 0) is 24.2 Å². The van der Waals surface area contributed by atoms with Crippen molar-refractivity contribution < 1.29 is 14.7 Å². The van der Waals surface area contributed by atoms with Gasteiger partial charge in [0.1, 0.15) is 0 Å². The van der Waals surface area contributed by atoms with E-state index in [9.17, 15) is 9.59 Å². The molecule has 1 N–H and O–H groups in total. The third kappa shape index (κ3) is 3.20. The lowest BCUT2D eigenvalue weighted by molar-refractivity contribution is -0.132. The predicted octanol–water partition coefficient (Wildman–Crippen LogP) is 2.96. The van der Waals surface area contributed by atoms with Crippen molar-refractivity contribution in [1.29, 1.82) is 0 Å². The smallest absolute Gasteiger partial charge is 0.335 e. The molecule has 3 rings (SSSR count). The van der Waals surface area contributed by atoms with Crippen LogP contribution in [0.15, 0.2) is 35.7 Å². The number of hydrogen-bond donors (Lipinski definition) is 1. The van der Waals surface area contributed by atoms with Crippen molar-refractivity contribution in [3.8, 4) is 0 Å². The van der Waals surface area contributed by atoms with Crippen LogP contribution in [0.3, 0.4) is 0 Å². The highest BCUT2D eigenvalue weighted by atomic mass is 32.1. The second-order valence-electron chi connectivity index (χ2n) is 5.44. The second-order valence-corrected chi connectivity index (χ2v) is 6.44. The third-order valence-electron chi connectivity index (χ3n) is 4.00. The molecule has 1 aromatic heterocycles. The van der Waals surface area contributed by atoms with E-state index in [1.54, 1.807) is 35.6 Å². The van der Waals surface area contributed by atoms with Crippen molar-refractivity contribution >= 4 is 23.2 Å². The maximum Gasteiger partial charge on any atom is 0.335 e. The summed E-state index contributed by atoms with van der Waals surface area (Å²) < 4.78 is 0. The molecule has 0 bridgehead atoms. The van der Waals surface area contributed by atoms with Gasteiger partial charge in [0, 0.05) is 17.8 Å². The van der Waals surface area contributed by atoms with E-state index < -0.39 is 5.97 Å². The Kier molecular flexibility index (Phi) is 4.24. The number of amides is 1. The van der Waals surface area contributed by atoms with E-state index in [-0.39, 0.29) is 11.5 Å². The molecule has 0 fully saturated rings. The molecule has 0 atom stereocenters. The average Bonchev–Trinajstić information content (AvgIpc) is 3.00. The number of aryl methyl sites for hydroxylation is 1. The maximum absolute atomic E-state index is 12.3. The van der Waals surface area contributed by atoms with Crippen molar-refractivity contribution in [3.05, 3.63) is 57.3 Å². The first-order valence-corrected chi connectivity index (χ1v) is 8.16. The number of carboxylic acid groups (broad SMARTS) is 1. The minimum atomic E-state index is -0.928. The van der Waals surface area contributed by atoms with Crippen molar-refractivity contribution in [3.63, 3.8) is 0 Å². The second kappa shape index (κ2) is 6.32. The lowest BCUT2D eigenvalue weighted by Crippen LogP contribution is -2.35. The van der Waals surface area contributed by atoms with Gasteiger partial charge in [-0.05, 0) is 47.5 Å². The highest BCUT2D eigenvalue weighted by Gasteiger charge is 2.21. The Morgan fingerprint density at radius 3 is 2.68 bits per heavy atom. The molecule has 1 aromatic carbocycles. The molecule has 0 unspecified atom stereocenters. The normalized spacial score (nSPS) is 13.7. The van der Waals surface area contributed by atoms with Gasteiger partial charge in [0.2, 0.25) is 5.91 Å². The molecule has 0 aliphatic carbocycles. The van der Waals surface area contributed by atoms with Crippen LogP contribution in [0.1, 0.15) is 32.8 Å². The largest absolute Gasteiger partial charge is 0.478 e. The fourth-order valence-electron chi connectivity index (χ4n) is 2.67. The molecule has 0 saturated heterocycles. The molecular weight excluding hydrogens is 298 g/mol. The summed E-state index contributed by atoms with van der Waals surface area (Å²) >= 11 is 1.72. The van der Waals surface area contributed by atoms with Gasteiger partial charge in [-0.3, -0.25) is 4.79 Å². The molecule has 0 radical (unpaired) electrons. The van der Waals surface area contributed by atoms with E-state index in [0.29, 0.717) is 12.8 Å². The SMILES string of the molecule is O=C(O)c1ccc(CCC(=O)N2CCc3ccsc3C2)cc1.